The van der Waals surface area contributed by atoms with Crippen LogP contribution in [0.25, 0.3) is 0 Å². The molecule has 0 fully saturated rings. The number of halogens is 1. The van der Waals surface area contributed by atoms with Gasteiger partial charge in [0.25, 0.3) is 0 Å². The maximum Gasteiger partial charge on any atom is 0.232 e. The summed E-state index contributed by atoms with van der Waals surface area (Å²) in [6.45, 7) is 1.82. The van der Waals surface area contributed by atoms with Crippen molar-refractivity contribution in [3.63, 3.8) is 0 Å². The number of alkyl halides is 1. The second kappa shape index (κ2) is 4.41. The van der Waals surface area contributed by atoms with Gasteiger partial charge in [0.1, 0.15) is 0 Å². The van der Waals surface area contributed by atoms with E-state index in [0.29, 0.717) is 5.69 Å². The molecule has 5 heteroatoms. The molecule has 0 radical (unpaired) electrons. The van der Waals surface area contributed by atoms with E-state index in [4.69, 9.17) is 11.6 Å². The third kappa shape index (κ3) is 2.86. The van der Waals surface area contributed by atoms with Gasteiger partial charge in [-0.1, -0.05) is 18.2 Å². The van der Waals surface area contributed by atoms with Crippen LogP contribution in [0.1, 0.15) is 17.9 Å². The highest BCUT2D eigenvalue weighted by molar-refractivity contribution is 7.92. The maximum atomic E-state index is 11.4. The summed E-state index contributed by atoms with van der Waals surface area (Å²) in [6.07, 6.45) is 1.17. The van der Waals surface area contributed by atoms with Crippen LogP contribution in [0.5, 0.6) is 0 Å². The summed E-state index contributed by atoms with van der Waals surface area (Å²) in [4.78, 5) is 0. The number of sulfonamides is 1. The van der Waals surface area contributed by atoms with E-state index in [9.17, 15) is 8.42 Å². The van der Waals surface area contributed by atoms with Gasteiger partial charge in [-0.25, -0.2) is 8.42 Å². The van der Waals surface area contributed by atoms with Crippen molar-refractivity contribution in [2.24, 2.45) is 0 Å². The van der Waals surface area contributed by atoms with Crippen LogP contribution >= 0.6 is 11.6 Å². The molecule has 0 aromatic heterocycles. The molecular weight excluding hydrogens is 234 g/mol. The van der Waals surface area contributed by atoms with Crippen LogP contribution in [0.4, 0.5) is 5.69 Å². The molecule has 1 aromatic carbocycles. The van der Waals surface area contributed by atoms with Crippen molar-refractivity contribution in [1.82, 2.24) is 0 Å². The average molecular weight is 248 g/mol. The van der Waals surface area contributed by atoms with Gasteiger partial charge in [0.2, 0.25) is 10.0 Å². The SMILES string of the molecule is CC(Cl)c1ccccc1N(C)S(C)(=O)=O. The lowest BCUT2D eigenvalue weighted by molar-refractivity contribution is 0.600. The lowest BCUT2D eigenvalue weighted by Crippen LogP contribution is -2.25. The van der Waals surface area contributed by atoms with E-state index in [0.717, 1.165) is 5.56 Å². The molecule has 1 aromatic rings. The number of nitrogens with zero attached hydrogens (tertiary/aromatic N) is 1. The molecule has 3 nitrogen and oxygen atoms in total. The lowest BCUT2D eigenvalue weighted by atomic mass is 10.1. The van der Waals surface area contributed by atoms with E-state index < -0.39 is 10.0 Å². The van der Waals surface area contributed by atoms with Crippen LogP contribution in [0.2, 0.25) is 0 Å². The zero-order valence-corrected chi connectivity index (χ0v) is 10.5. The van der Waals surface area contributed by atoms with Crippen LogP contribution in [-0.4, -0.2) is 21.7 Å². The molecular formula is C10H14ClNO2S. The number of hydrogen-bond donors (Lipinski definition) is 0. The minimum absolute atomic E-state index is 0.217. The fourth-order valence-corrected chi connectivity index (χ4v) is 2.00. The van der Waals surface area contributed by atoms with Gasteiger partial charge >= 0.3 is 0 Å². The molecule has 0 bridgehead atoms. The van der Waals surface area contributed by atoms with Gasteiger partial charge in [0, 0.05) is 7.05 Å². The predicted molar refractivity (Wildman–Crippen MR) is 64.0 cm³/mol. The molecule has 0 aliphatic rings. The van der Waals surface area contributed by atoms with Crippen molar-refractivity contribution >= 4 is 27.3 Å². The van der Waals surface area contributed by atoms with Gasteiger partial charge in [-0.15, -0.1) is 11.6 Å². The first-order valence-corrected chi connectivity index (χ1v) is 6.79. The molecule has 1 unspecified atom stereocenters. The molecule has 0 saturated carbocycles. The Morgan fingerprint density at radius 2 is 1.87 bits per heavy atom. The fraction of sp³-hybridized carbons (Fsp3) is 0.400. The fourth-order valence-electron chi connectivity index (χ4n) is 1.29. The molecule has 1 rings (SSSR count). The van der Waals surface area contributed by atoms with Crippen LogP contribution < -0.4 is 4.31 Å². The first kappa shape index (κ1) is 12.3. The molecule has 0 spiro atoms. The normalized spacial score (nSPS) is 13.6. The summed E-state index contributed by atoms with van der Waals surface area (Å²) in [5.74, 6) is 0. The van der Waals surface area contributed by atoms with E-state index >= 15 is 0 Å². The summed E-state index contributed by atoms with van der Waals surface area (Å²) in [7, 11) is -1.72. The summed E-state index contributed by atoms with van der Waals surface area (Å²) >= 11 is 5.98. The topological polar surface area (TPSA) is 37.4 Å². The van der Waals surface area contributed by atoms with E-state index in [1.54, 1.807) is 12.1 Å². The number of anilines is 1. The highest BCUT2D eigenvalue weighted by Crippen LogP contribution is 2.30. The van der Waals surface area contributed by atoms with Crippen molar-refractivity contribution < 1.29 is 8.42 Å². The van der Waals surface area contributed by atoms with Crippen LogP contribution in [-0.2, 0) is 10.0 Å². The Labute approximate surface area is 95.7 Å². The zero-order chi connectivity index (χ0) is 11.6. The van der Waals surface area contributed by atoms with Crippen LogP contribution in [0, 0.1) is 0 Å². The van der Waals surface area contributed by atoms with Crippen molar-refractivity contribution in [2.45, 2.75) is 12.3 Å². The lowest BCUT2D eigenvalue weighted by Gasteiger charge is -2.21. The minimum Gasteiger partial charge on any atom is -0.273 e. The summed E-state index contributed by atoms with van der Waals surface area (Å²) < 4.78 is 24.0. The number of rotatable bonds is 3. The highest BCUT2D eigenvalue weighted by atomic mass is 35.5. The smallest absolute Gasteiger partial charge is 0.232 e. The quantitative estimate of drug-likeness (QED) is 0.769. The standard InChI is InChI=1S/C10H14ClNO2S/c1-8(11)9-6-4-5-7-10(9)12(2)15(3,13)14/h4-8H,1-3H3. The van der Waals surface area contributed by atoms with Gasteiger partial charge < -0.3 is 0 Å². The van der Waals surface area contributed by atoms with Crippen LogP contribution in [0.3, 0.4) is 0 Å². The Hall–Kier alpha value is -0.740. The van der Waals surface area contributed by atoms with Gasteiger partial charge in [0.05, 0.1) is 17.3 Å². The number of para-hydroxylation sites is 1. The molecule has 0 aliphatic carbocycles. The highest BCUT2D eigenvalue weighted by Gasteiger charge is 2.17. The second-order valence-corrected chi connectivity index (χ2v) is 6.07. The Morgan fingerprint density at radius 1 is 1.33 bits per heavy atom. The molecule has 84 valence electrons. The van der Waals surface area contributed by atoms with Gasteiger partial charge in [-0.2, -0.15) is 0 Å². The third-order valence-electron chi connectivity index (χ3n) is 2.20. The maximum absolute atomic E-state index is 11.4. The largest absolute Gasteiger partial charge is 0.273 e. The Morgan fingerprint density at radius 3 is 2.33 bits per heavy atom. The summed E-state index contributed by atoms with van der Waals surface area (Å²) in [5, 5.41) is -0.217. The van der Waals surface area contributed by atoms with E-state index in [2.05, 4.69) is 0 Å². The van der Waals surface area contributed by atoms with E-state index in [-0.39, 0.29) is 5.38 Å². The van der Waals surface area contributed by atoms with Crippen molar-refractivity contribution in [2.75, 3.05) is 17.6 Å². The van der Waals surface area contributed by atoms with Crippen LogP contribution in [0.15, 0.2) is 24.3 Å². The van der Waals surface area contributed by atoms with Crippen molar-refractivity contribution in [3.8, 4) is 0 Å². The zero-order valence-electron chi connectivity index (χ0n) is 8.94. The number of benzene rings is 1. The first-order chi connectivity index (χ1) is 6.84. The Bertz CT molecular complexity index is 442. The molecule has 1 atom stereocenters. The molecule has 0 aliphatic heterocycles. The van der Waals surface area contributed by atoms with Gasteiger partial charge in [0.15, 0.2) is 0 Å². The molecule has 15 heavy (non-hydrogen) atoms. The number of hydrogen-bond acceptors (Lipinski definition) is 2. The Kier molecular flexibility index (Phi) is 3.62. The Balaban J connectivity index is 3.26. The molecule has 0 amide bonds. The molecule has 0 saturated heterocycles. The summed E-state index contributed by atoms with van der Waals surface area (Å²) in [5.41, 5.74) is 1.44. The average Bonchev–Trinajstić information content (AvgIpc) is 2.15. The predicted octanol–water partition coefficient (Wildman–Crippen LogP) is 2.38. The van der Waals surface area contributed by atoms with Gasteiger partial charge in [-0.05, 0) is 18.6 Å². The molecule has 0 heterocycles. The monoisotopic (exact) mass is 247 g/mol. The molecule has 0 N–H and O–H groups in total. The first-order valence-electron chi connectivity index (χ1n) is 4.51. The summed E-state index contributed by atoms with van der Waals surface area (Å²) in [6, 6.07) is 7.21. The van der Waals surface area contributed by atoms with Crippen molar-refractivity contribution in [3.05, 3.63) is 29.8 Å². The van der Waals surface area contributed by atoms with Gasteiger partial charge in [-0.3, -0.25) is 4.31 Å². The minimum atomic E-state index is -3.24. The van der Waals surface area contributed by atoms with E-state index in [1.807, 2.05) is 19.1 Å². The third-order valence-corrected chi connectivity index (χ3v) is 3.63. The van der Waals surface area contributed by atoms with E-state index in [1.165, 1.54) is 17.6 Å². The second-order valence-electron chi connectivity index (χ2n) is 3.41. The van der Waals surface area contributed by atoms with Crippen molar-refractivity contribution in [1.29, 1.82) is 0 Å².